The summed E-state index contributed by atoms with van der Waals surface area (Å²) in [4.78, 5) is 2.76. The zero-order valence-electron chi connectivity index (χ0n) is 12.0. The molecule has 1 N–H and O–H groups in total. The van der Waals surface area contributed by atoms with Crippen molar-refractivity contribution in [2.24, 2.45) is 5.41 Å². The summed E-state index contributed by atoms with van der Waals surface area (Å²) in [7, 11) is 0. The van der Waals surface area contributed by atoms with Crippen molar-refractivity contribution in [2.75, 3.05) is 19.6 Å². The number of rotatable bonds is 4. The lowest BCUT2D eigenvalue weighted by Crippen LogP contribution is -2.58. The third kappa shape index (κ3) is 3.03. The third-order valence-electron chi connectivity index (χ3n) is 4.77. The van der Waals surface area contributed by atoms with E-state index in [0.717, 1.165) is 6.04 Å². The Morgan fingerprint density at radius 2 is 1.88 bits per heavy atom. The molecule has 1 aliphatic carbocycles. The van der Waals surface area contributed by atoms with Gasteiger partial charge in [-0.3, -0.25) is 4.90 Å². The first-order chi connectivity index (χ1) is 8.15. The fraction of sp³-hybridized carbons (Fsp3) is 1.00. The molecule has 100 valence electrons. The number of nitrogens with zero attached hydrogens (tertiary/aromatic N) is 1. The Morgan fingerprint density at radius 3 is 2.53 bits per heavy atom. The highest BCUT2D eigenvalue weighted by atomic mass is 15.2. The van der Waals surface area contributed by atoms with Gasteiger partial charge < -0.3 is 5.32 Å². The average molecular weight is 238 g/mol. The summed E-state index contributed by atoms with van der Waals surface area (Å²) >= 11 is 0. The lowest BCUT2D eigenvalue weighted by atomic mass is 9.70. The summed E-state index contributed by atoms with van der Waals surface area (Å²) in [6.45, 7) is 11.0. The molecule has 2 rings (SSSR count). The van der Waals surface area contributed by atoms with Crippen molar-refractivity contribution in [3.63, 3.8) is 0 Å². The molecule has 0 aromatic carbocycles. The second kappa shape index (κ2) is 5.71. The Morgan fingerprint density at radius 1 is 1.18 bits per heavy atom. The first kappa shape index (κ1) is 13.4. The van der Waals surface area contributed by atoms with Crippen molar-refractivity contribution in [2.45, 2.75) is 71.4 Å². The molecule has 17 heavy (non-hydrogen) atoms. The monoisotopic (exact) mass is 238 g/mol. The van der Waals surface area contributed by atoms with E-state index in [9.17, 15) is 0 Å². The lowest BCUT2D eigenvalue weighted by molar-refractivity contribution is 0.0617. The second-order valence-corrected chi connectivity index (χ2v) is 6.62. The van der Waals surface area contributed by atoms with Crippen LogP contribution in [0.25, 0.3) is 0 Å². The van der Waals surface area contributed by atoms with Crippen molar-refractivity contribution in [3.8, 4) is 0 Å². The molecule has 0 aromatic rings. The Hall–Kier alpha value is -0.0800. The largest absolute Gasteiger partial charge is 0.312 e. The van der Waals surface area contributed by atoms with Crippen molar-refractivity contribution >= 4 is 0 Å². The average Bonchev–Trinajstić information content (AvgIpc) is 2.79. The van der Waals surface area contributed by atoms with Gasteiger partial charge in [-0.05, 0) is 57.2 Å². The molecule has 0 aromatic heterocycles. The van der Waals surface area contributed by atoms with Crippen LogP contribution in [-0.2, 0) is 0 Å². The molecule has 2 aliphatic rings. The normalized spacial score (nSPS) is 34.1. The first-order valence-electron chi connectivity index (χ1n) is 7.62. The molecule has 2 atom stereocenters. The Labute approximate surface area is 107 Å². The smallest absolute Gasteiger partial charge is 0.0274 e. The predicted octanol–water partition coefficient (Wildman–Crippen LogP) is 3.03. The fourth-order valence-corrected chi connectivity index (χ4v) is 3.79. The topological polar surface area (TPSA) is 15.3 Å². The first-order valence-corrected chi connectivity index (χ1v) is 7.62. The van der Waals surface area contributed by atoms with Crippen LogP contribution in [0.5, 0.6) is 0 Å². The van der Waals surface area contributed by atoms with Crippen LogP contribution >= 0.6 is 0 Å². The van der Waals surface area contributed by atoms with Gasteiger partial charge in [-0.15, -0.1) is 0 Å². The summed E-state index contributed by atoms with van der Waals surface area (Å²) in [6, 6.07) is 1.50. The maximum atomic E-state index is 3.85. The van der Waals surface area contributed by atoms with Gasteiger partial charge >= 0.3 is 0 Å². The molecule has 2 fully saturated rings. The standard InChI is InChI=1S/C15H30N2/c1-4-10-16-14-13(17-11-5-6-12-17)8-7-9-15(14,2)3/h13-14,16H,4-12H2,1-3H3. The van der Waals surface area contributed by atoms with Crippen LogP contribution in [0.4, 0.5) is 0 Å². The third-order valence-corrected chi connectivity index (χ3v) is 4.77. The van der Waals surface area contributed by atoms with Gasteiger partial charge in [0.15, 0.2) is 0 Å². The van der Waals surface area contributed by atoms with E-state index in [4.69, 9.17) is 0 Å². The fourth-order valence-electron chi connectivity index (χ4n) is 3.79. The molecule has 0 amide bonds. The van der Waals surface area contributed by atoms with Crippen molar-refractivity contribution in [3.05, 3.63) is 0 Å². The van der Waals surface area contributed by atoms with Gasteiger partial charge in [-0.25, -0.2) is 0 Å². The quantitative estimate of drug-likeness (QED) is 0.810. The van der Waals surface area contributed by atoms with Gasteiger partial charge in [0.25, 0.3) is 0 Å². The molecule has 0 bridgehead atoms. The molecule has 1 aliphatic heterocycles. The van der Waals surface area contributed by atoms with Crippen LogP contribution in [-0.4, -0.2) is 36.6 Å². The number of hydrogen-bond acceptors (Lipinski definition) is 2. The van der Waals surface area contributed by atoms with Crippen LogP contribution in [0.2, 0.25) is 0 Å². The maximum Gasteiger partial charge on any atom is 0.0274 e. The van der Waals surface area contributed by atoms with Crippen molar-refractivity contribution in [1.82, 2.24) is 10.2 Å². The minimum absolute atomic E-state index is 0.473. The Kier molecular flexibility index (Phi) is 4.48. The number of hydrogen-bond donors (Lipinski definition) is 1. The van der Waals surface area contributed by atoms with Crippen LogP contribution in [0.3, 0.4) is 0 Å². The molecule has 1 heterocycles. The molecular formula is C15H30N2. The zero-order chi connectivity index (χ0) is 12.3. The summed E-state index contributed by atoms with van der Waals surface area (Å²) in [6.07, 6.45) is 8.29. The minimum atomic E-state index is 0.473. The minimum Gasteiger partial charge on any atom is -0.312 e. The predicted molar refractivity (Wildman–Crippen MR) is 74.3 cm³/mol. The molecule has 1 saturated heterocycles. The second-order valence-electron chi connectivity index (χ2n) is 6.62. The summed E-state index contributed by atoms with van der Waals surface area (Å²) in [5, 5.41) is 3.85. The number of nitrogens with one attached hydrogen (secondary N) is 1. The van der Waals surface area contributed by atoms with E-state index in [1.165, 1.54) is 58.2 Å². The van der Waals surface area contributed by atoms with Gasteiger partial charge in [0, 0.05) is 12.1 Å². The van der Waals surface area contributed by atoms with Gasteiger partial charge in [0.2, 0.25) is 0 Å². The van der Waals surface area contributed by atoms with Gasteiger partial charge in [0.1, 0.15) is 0 Å². The maximum absolute atomic E-state index is 3.85. The SMILES string of the molecule is CCCNC1C(N2CCCC2)CCCC1(C)C. The van der Waals surface area contributed by atoms with Gasteiger partial charge in [-0.2, -0.15) is 0 Å². The van der Waals surface area contributed by atoms with E-state index in [0.29, 0.717) is 11.5 Å². The zero-order valence-corrected chi connectivity index (χ0v) is 12.0. The van der Waals surface area contributed by atoms with E-state index in [2.05, 4.69) is 31.0 Å². The van der Waals surface area contributed by atoms with Crippen molar-refractivity contribution in [1.29, 1.82) is 0 Å². The van der Waals surface area contributed by atoms with Crippen LogP contribution in [0.1, 0.15) is 59.3 Å². The highest BCUT2D eigenvalue weighted by Gasteiger charge is 2.41. The molecular weight excluding hydrogens is 208 g/mol. The van der Waals surface area contributed by atoms with E-state index < -0.39 is 0 Å². The van der Waals surface area contributed by atoms with E-state index in [-0.39, 0.29) is 0 Å². The van der Waals surface area contributed by atoms with Crippen LogP contribution in [0, 0.1) is 5.41 Å². The van der Waals surface area contributed by atoms with E-state index in [1.807, 2.05) is 0 Å². The summed E-state index contributed by atoms with van der Waals surface area (Å²) in [5.41, 5.74) is 0.473. The summed E-state index contributed by atoms with van der Waals surface area (Å²) < 4.78 is 0. The highest BCUT2D eigenvalue weighted by molar-refractivity contribution is 4.98. The summed E-state index contributed by atoms with van der Waals surface area (Å²) in [5.74, 6) is 0. The van der Waals surface area contributed by atoms with Crippen LogP contribution < -0.4 is 5.32 Å². The van der Waals surface area contributed by atoms with E-state index >= 15 is 0 Å². The van der Waals surface area contributed by atoms with Crippen molar-refractivity contribution < 1.29 is 0 Å². The van der Waals surface area contributed by atoms with Crippen LogP contribution in [0.15, 0.2) is 0 Å². The molecule has 0 radical (unpaired) electrons. The Bertz CT molecular complexity index is 231. The Balaban J connectivity index is 2.04. The molecule has 1 saturated carbocycles. The van der Waals surface area contributed by atoms with E-state index in [1.54, 1.807) is 0 Å². The molecule has 2 nitrogen and oxygen atoms in total. The lowest BCUT2D eigenvalue weighted by Gasteiger charge is -2.48. The molecule has 2 unspecified atom stereocenters. The van der Waals surface area contributed by atoms with Gasteiger partial charge in [-0.1, -0.05) is 27.2 Å². The molecule has 2 heteroatoms. The van der Waals surface area contributed by atoms with Gasteiger partial charge in [0.05, 0.1) is 0 Å². The molecule has 0 spiro atoms. The number of likely N-dealkylation sites (tertiary alicyclic amines) is 1. The highest BCUT2D eigenvalue weighted by Crippen LogP contribution is 2.38.